The molecule has 1 unspecified atom stereocenters. The summed E-state index contributed by atoms with van der Waals surface area (Å²) in [7, 11) is 0. The summed E-state index contributed by atoms with van der Waals surface area (Å²) in [5.74, 6) is 1.14. The molecule has 4 heteroatoms. The lowest BCUT2D eigenvalue weighted by molar-refractivity contribution is -0.119. The van der Waals surface area contributed by atoms with Crippen molar-refractivity contribution in [3.05, 3.63) is 54.5 Å². The van der Waals surface area contributed by atoms with Crippen molar-refractivity contribution in [3.8, 4) is 11.3 Å². The lowest BCUT2D eigenvalue weighted by Crippen LogP contribution is -2.13. The minimum Gasteiger partial charge on any atom is -0.355 e. The van der Waals surface area contributed by atoms with Gasteiger partial charge in [0, 0.05) is 24.4 Å². The van der Waals surface area contributed by atoms with Crippen molar-refractivity contribution in [2.24, 2.45) is 0 Å². The monoisotopic (exact) mass is 277 g/mol. The number of H-pyrrole nitrogens is 1. The first-order chi connectivity index (χ1) is 10.3. The number of hydrogen-bond donors (Lipinski definition) is 2. The van der Waals surface area contributed by atoms with E-state index in [-0.39, 0.29) is 11.8 Å². The summed E-state index contributed by atoms with van der Waals surface area (Å²) >= 11 is 0. The highest BCUT2D eigenvalue weighted by atomic mass is 16.1. The second-order valence-electron chi connectivity index (χ2n) is 5.41. The Balaban J connectivity index is 1.76. The smallest absolute Gasteiger partial charge is 0.220 e. The number of hydrogen-bond acceptors (Lipinski definition) is 2. The Kier molecular flexibility index (Phi) is 2.74. The van der Waals surface area contributed by atoms with Crippen LogP contribution in [0.25, 0.3) is 22.0 Å². The van der Waals surface area contributed by atoms with Crippen LogP contribution in [0.3, 0.4) is 0 Å². The van der Waals surface area contributed by atoms with Crippen molar-refractivity contribution in [2.45, 2.75) is 12.3 Å². The van der Waals surface area contributed by atoms with Crippen molar-refractivity contribution < 1.29 is 4.79 Å². The molecular weight excluding hydrogens is 262 g/mol. The normalized spacial score (nSPS) is 18.1. The second-order valence-corrected chi connectivity index (χ2v) is 5.41. The van der Waals surface area contributed by atoms with Gasteiger partial charge in [-0.2, -0.15) is 0 Å². The maximum atomic E-state index is 11.3. The molecule has 0 bridgehead atoms. The first-order valence-corrected chi connectivity index (χ1v) is 7.11. The molecule has 1 saturated heterocycles. The van der Waals surface area contributed by atoms with Crippen molar-refractivity contribution in [2.75, 3.05) is 6.54 Å². The molecule has 0 radical (unpaired) electrons. The van der Waals surface area contributed by atoms with Crippen LogP contribution in [-0.2, 0) is 4.79 Å². The van der Waals surface area contributed by atoms with E-state index in [4.69, 9.17) is 0 Å². The van der Waals surface area contributed by atoms with Crippen LogP contribution in [0.5, 0.6) is 0 Å². The van der Waals surface area contributed by atoms with Crippen molar-refractivity contribution >= 4 is 16.7 Å². The van der Waals surface area contributed by atoms with Crippen LogP contribution in [0, 0.1) is 0 Å². The molecule has 1 atom stereocenters. The Hall–Kier alpha value is -2.62. The Bertz CT molecular complexity index is 816. The van der Waals surface area contributed by atoms with E-state index in [2.05, 4.69) is 45.6 Å². The van der Waals surface area contributed by atoms with Crippen LogP contribution in [0.4, 0.5) is 0 Å². The zero-order valence-corrected chi connectivity index (χ0v) is 11.5. The molecule has 1 amide bonds. The van der Waals surface area contributed by atoms with Gasteiger partial charge in [-0.3, -0.25) is 4.79 Å². The van der Waals surface area contributed by atoms with Crippen LogP contribution in [-0.4, -0.2) is 22.4 Å². The Morgan fingerprint density at radius 1 is 1.10 bits per heavy atom. The van der Waals surface area contributed by atoms with Gasteiger partial charge in [0.05, 0.1) is 11.9 Å². The summed E-state index contributed by atoms with van der Waals surface area (Å²) in [5, 5.41) is 5.26. The third-order valence-electron chi connectivity index (χ3n) is 4.04. The highest BCUT2D eigenvalue weighted by Crippen LogP contribution is 2.29. The molecule has 4 rings (SSSR count). The zero-order valence-electron chi connectivity index (χ0n) is 11.5. The van der Waals surface area contributed by atoms with Crippen molar-refractivity contribution in [1.29, 1.82) is 0 Å². The summed E-state index contributed by atoms with van der Waals surface area (Å²) < 4.78 is 0. The predicted octanol–water partition coefficient (Wildman–Crippen LogP) is 2.83. The first kappa shape index (κ1) is 12.1. The molecule has 1 fully saturated rings. The predicted molar refractivity (Wildman–Crippen MR) is 81.9 cm³/mol. The van der Waals surface area contributed by atoms with Gasteiger partial charge in [0.25, 0.3) is 0 Å². The molecule has 1 aliphatic heterocycles. The Labute approximate surface area is 122 Å². The van der Waals surface area contributed by atoms with Gasteiger partial charge in [0.2, 0.25) is 5.91 Å². The molecule has 2 aromatic carbocycles. The SMILES string of the molecule is O=C1CC(c2ncc(-c3cccc4ccccc34)[nH]2)CN1. The minimum absolute atomic E-state index is 0.100. The van der Waals surface area contributed by atoms with Crippen LogP contribution in [0.15, 0.2) is 48.7 Å². The zero-order chi connectivity index (χ0) is 14.2. The third kappa shape index (κ3) is 2.09. The quantitative estimate of drug-likeness (QED) is 0.756. The van der Waals surface area contributed by atoms with E-state index in [0.717, 1.165) is 17.1 Å². The second kappa shape index (κ2) is 4.74. The van der Waals surface area contributed by atoms with Crippen LogP contribution in [0.1, 0.15) is 18.2 Å². The number of benzene rings is 2. The number of nitrogens with one attached hydrogen (secondary N) is 2. The molecule has 2 heterocycles. The Morgan fingerprint density at radius 2 is 1.95 bits per heavy atom. The van der Waals surface area contributed by atoms with Gasteiger partial charge in [0.15, 0.2) is 0 Å². The van der Waals surface area contributed by atoms with Crippen molar-refractivity contribution in [1.82, 2.24) is 15.3 Å². The van der Waals surface area contributed by atoms with E-state index < -0.39 is 0 Å². The van der Waals surface area contributed by atoms with E-state index in [1.807, 2.05) is 18.3 Å². The standard InChI is InChI=1S/C17H15N3O/c21-16-8-12(9-18-16)17-19-10-15(20-17)14-7-3-5-11-4-1-2-6-13(11)14/h1-7,10,12H,8-9H2,(H,18,21)(H,19,20). The number of carbonyl (C=O) groups excluding carboxylic acids is 1. The van der Waals surface area contributed by atoms with Crippen LogP contribution < -0.4 is 5.32 Å². The average molecular weight is 277 g/mol. The number of carbonyl (C=O) groups is 1. The first-order valence-electron chi connectivity index (χ1n) is 7.11. The van der Waals surface area contributed by atoms with Crippen molar-refractivity contribution in [3.63, 3.8) is 0 Å². The molecule has 1 aromatic heterocycles. The third-order valence-corrected chi connectivity index (χ3v) is 4.04. The molecule has 104 valence electrons. The maximum absolute atomic E-state index is 11.3. The molecule has 2 N–H and O–H groups in total. The fraction of sp³-hybridized carbons (Fsp3) is 0.176. The highest BCUT2D eigenvalue weighted by Gasteiger charge is 2.25. The summed E-state index contributed by atoms with van der Waals surface area (Å²) in [4.78, 5) is 19.2. The number of rotatable bonds is 2. The van der Waals surface area contributed by atoms with Gasteiger partial charge in [-0.05, 0) is 10.8 Å². The maximum Gasteiger partial charge on any atom is 0.220 e. The fourth-order valence-electron chi connectivity index (χ4n) is 2.94. The summed E-state index contributed by atoms with van der Waals surface area (Å²) in [6, 6.07) is 14.6. The molecule has 1 aliphatic rings. The summed E-state index contributed by atoms with van der Waals surface area (Å²) in [5.41, 5.74) is 2.14. The summed E-state index contributed by atoms with van der Waals surface area (Å²) in [6.45, 7) is 0.668. The molecular formula is C17H15N3O. The van der Waals surface area contributed by atoms with E-state index in [9.17, 15) is 4.79 Å². The van der Waals surface area contributed by atoms with Gasteiger partial charge < -0.3 is 10.3 Å². The number of amides is 1. The average Bonchev–Trinajstić information content (AvgIpc) is 3.15. The lowest BCUT2D eigenvalue weighted by atomic mass is 10.0. The van der Waals surface area contributed by atoms with E-state index in [1.54, 1.807) is 0 Å². The lowest BCUT2D eigenvalue weighted by Gasteiger charge is -2.05. The van der Waals surface area contributed by atoms with E-state index in [1.165, 1.54) is 10.8 Å². The molecule has 4 nitrogen and oxygen atoms in total. The van der Waals surface area contributed by atoms with Gasteiger partial charge in [-0.1, -0.05) is 42.5 Å². The number of fused-ring (bicyclic) bond motifs is 1. The molecule has 0 spiro atoms. The number of aromatic nitrogens is 2. The van der Waals surface area contributed by atoms with Gasteiger partial charge in [-0.15, -0.1) is 0 Å². The highest BCUT2D eigenvalue weighted by molar-refractivity contribution is 5.95. The van der Waals surface area contributed by atoms with Gasteiger partial charge in [-0.25, -0.2) is 4.98 Å². The minimum atomic E-state index is 0.100. The number of aromatic amines is 1. The number of imidazole rings is 1. The molecule has 3 aromatic rings. The summed E-state index contributed by atoms with van der Waals surface area (Å²) in [6.07, 6.45) is 2.38. The van der Waals surface area contributed by atoms with E-state index >= 15 is 0 Å². The Morgan fingerprint density at radius 3 is 2.81 bits per heavy atom. The van der Waals surface area contributed by atoms with Crippen LogP contribution >= 0.6 is 0 Å². The fourth-order valence-corrected chi connectivity index (χ4v) is 2.94. The molecule has 0 aliphatic carbocycles. The topological polar surface area (TPSA) is 57.8 Å². The molecule has 0 saturated carbocycles. The number of nitrogens with zero attached hydrogens (tertiary/aromatic N) is 1. The van der Waals surface area contributed by atoms with Crippen LogP contribution in [0.2, 0.25) is 0 Å². The largest absolute Gasteiger partial charge is 0.355 e. The molecule has 21 heavy (non-hydrogen) atoms. The van der Waals surface area contributed by atoms with Gasteiger partial charge in [0.1, 0.15) is 5.82 Å². The van der Waals surface area contributed by atoms with Gasteiger partial charge >= 0.3 is 0 Å². The van der Waals surface area contributed by atoms with E-state index in [0.29, 0.717) is 13.0 Å².